The molecular weight excluding hydrogens is 286 g/mol. The van der Waals surface area contributed by atoms with Gasteiger partial charge in [-0.1, -0.05) is 0 Å². The smallest absolute Gasteiger partial charge is 0.221 e. The number of benzene rings is 1. The molecule has 0 bridgehead atoms. The van der Waals surface area contributed by atoms with E-state index in [1.807, 2.05) is 6.92 Å². The summed E-state index contributed by atoms with van der Waals surface area (Å²) in [6.45, 7) is 3.28. The number of anilines is 1. The van der Waals surface area contributed by atoms with E-state index in [4.69, 9.17) is 14.2 Å². The molecule has 0 saturated carbocycles. The maximum Gasteiger partial charge on any atom is 0.221 e. The fourth-order valence-corrected chi connectivity index (χ4v) is 2.18. The summed E-state index contributed by atoms with van der Waals surface area (Å²) in [7, 11) is 4.64. The lowest BCUT2D eigenvalue weighted by Gasteiger charge is -2.14. The van der Waals surface area contributed by atoms with Crippen molar-refractivity contribution in [1.29, 1.82) is 0 Å². The van der Waals surface area contributed by atoms with E-state index >= 15 is 0 Å². The number of H-pyrrole nitrogens is 1. The molecule has 0 atom stereocenters. The summed E-state index contributed by atoms with van der Waals surface area (Å²) < 4.78 is 16.0. The number of aryl methyl sites for hydroxylation is 1. The van der Waals surface area contributed by atoms with E-state index in [-0.39, 0.29) is 5.91 Å². The van der Waals surface area contributed by atoms with Crippen LogP contribution in [0.4, 0.5) is 5.69 Å². The van der Waals surface area contributed by atoms with Crippen LogP contribution in [-0.2, 0) is 4.79 Å². The van der Waals surface area contributed by atoms with E-state index in [9.17, 15) is 4.79 Å². The molecule has 2 aromatic rings. The third-order valence-corrected chi connectivity index (χ3v) is 3.19. The van der Waals surface area contributed by atoms with Crippen LogP contribution in [0.25, 0.3) is 11.3 Å². The average molecular weight is 305 g/mol. The Morgan fingerprint density at radius 3 is 2.18 bits per heavy atom. The fourth-order valence-electron chi connectivity index (χ4n) is 2.18. The Balaban J connectivity index is 2.60. The molecule has 0 radical (unpaired) electrons. The first-order valence-corrected chi connectivity index (χ1v) is 6.64. The van der Waals surface area contributed by atoms with E-state index in [2.05, 4.69) is 15.5 Å². The van der Waals surface area contributed by atoms with Gasteiger partial charge in [0.2, 0.25) is 11.7 Å². The highest BCUT2D eigenvalue weighted by Crippen LogP contribution is 2.42. The molecule has 1 aromatic heterocycles. The number of ether oxygens (including phenoxy) is 3. The zero-order chi connectivity index (χ0) is 16.3. The number of amides is 1. The van der Waals surface area contributed by atoms with Gasteiger partial charge in [-0.05, 0) is 19.1 Å². The molecule has 0 unspecified atom stereocenters. The van der Waals surface area contributed by atoms with E-state index in [0.29, 0.717) is 28.6 Å². The van der Waals surface area contributed by atoms with Crippen molar-refractivity contribution >= 4 is 11.6 Å². The Morgan fingerprint density at radius 2 is 1.73 bits per heavy atom. The Labute approximate surface area is 128 Å². The Kier molecular flexibility index (Phi) is 4.55. The predicted molar refractivity (Wildman–Crippen MR) is 82.7 cm³/mol. The standard InChI is InChI=1S/C15H19N3O4/c1-8-13(16-9(2)19)14(18-17-8)10-6-11(20-3)15(22-5)12(7-10)21-4/h6-7H,1-5H3,(H,16,19)(H,17,18). The van der Waals surface area contributed by atoms with E-state index < -0.39 is 0 Å². The van der Waals surface area contributed by atoms with Crippen molar-refractivity contribution in [1.82, 2.24) is 10.2 Å². The molecule has 0 saturated heterocycles. The highest BCUT2D eigenvalue weighted by Gasteiger charge is 2.19. The van der Waals surface area contributed by atoms with Gasteiger partial charge in [-0.3, -0.25) is 9.89 Å². The molecule has 7 nitrogen and oxygen atoms in total. The van der Waals surface area contributed by atoms with Crippen molar-refractivity contribution in [2.45, 2.75) is 13.8 Å². The topological polar surface area (TPSA) is 85.5 Å². The number of aromatic nitrogens is 2. The molecule has 2 rings (SSSR count). The quantitative estimate of drug-likeness (QED) is 0.885. The SMILES string of the molecule is COc1cc(-c2n[nH]c(C)c2NC(C)=O)cc(OC)c1OC. The summed E-state index contributed by atoms with van der Waals surface area (Å²) in [5, 5.41) is 9.90. The number of hydrogen-bond donors (Lipinski definition) is 2. The van der Waals surface area contributed by atoms with Crippen molar-refractivity contribution in [3.63, 3.8) is 0 Å². The largest absolute Gasteiger partial charge is 0.493 e. The first-order chi connectivity index (χ1) is 10.5. The Morgan fingerprint density at radius 1 is 1.14 bits per heavy atom. The number of aromatic amines is 1. The summed E-state index contributed by atoms with van der Waals surface area (Å²) in [5.74, 6) is 1.37. The number of rotatable bonds is 5. The number of methoxy groups -OCH3 is 3. The molecule has 0 fully saturated rings. The van der Waals surface area contributed by atoms with Gasteiger partial charge in [-0.2, -0.15) is 5.10 Å². The molecule has 118 valence electrons. The molecule has 1 amide bonds. The van der Waals surface area contributed by atoms with Crippen LogP contribution in [0.15, 0.2) is 12.1 Å². The van der Waals surface area contributed by atoms with Crippen molar-refractivity contribution in [3.05, 3.63) is 17.8 Å². The molecule has 1 aromatic carbocycles. The Hall–Kier alpha value is -2.70. The van der Waals surface area contributed by atoms with Crippen molar-refractivity contribution in [2.24, 2.45) is 0 Å². The number of carbonyl (C=O) groups excluding carboxylic acids is 1. The van der Waals surface area contributed by atoms with Crippen LogP contribution in [-0.4, -0.2) is 37.4 Å². The van der Waals surface area contributed by atoms with Crippen LogP contribution < -0.4 is 19.5 Å². The lowest BCUT2D eigenvalue weighted by Crippen LogP contribution is -2.07. The van der Waals surface area contributed by atoms with Crippen molar-refractivity contribution in [2.75, 3.05) is 26.6 Å². The number of carbonyl (C=O) groups is 1. The van der Waals surface area contributed by atoms with Gasteiger partial charge in [0.25, 0.3) is 0 Å². The predicted octanol–water partition coefficient (Wildman–Crippen LogP) is 2.37. The lowest BCUT2D eigenvalue weighted by atomic mass is 10.1. The highest BCUT2D eigenvalue weighted by atomic mass is 16.5. The number of hydrogen-bond acceptors (Lipinski definition) is 5. The van der Waals surface area contributed by atoms with Crippen LogP contribution in [0, 0.1) is 6.92 Å². The van der Waals surface area contributed by atoms with Crippen LogP contribution >= 0.6 is 0 Å². The van der Waals surface area contributed by atoms with Crippen LogP contribution in [0.1, 0.15) is 12.6 Å². The lowest BCUT2D eigenvalue weighted by molar-refractivity contribution is -0.114. The van der Waals surface area contributed by atoms with Crippen LogP contribution in [0.2, 0.25) is 0 Å². The van der Waals surface area contributed by atoms with Crippen molar-refractivity contribution in [3.8, 4) is 28.5 Å². The van der Waals surface area contributed by atoms with Crippen LogP contribution in [0.5, 0.6) is 17.2 Å². The number of nitrogens with one attached hydrogen (secondary N) is 2. The fraction of sp³-hybridized carbons (Fsp3) is 0.333. The second kappa shape index (κ2) is 6.38. The molecule has 1 heterocycles. The molecule has 0 aliphatic carbocycles. The third kappa shape index (κ3) is 2.83. The molecule has 2 N–H and O–H groups in total. The molecule has 0 spiro atoms. The second-order valence-corrected chi connectivity index (χ2v) is 4.67. The van der Waals surface area contributed by atoms with Gasteiger partial charge in [0, 0.05) is 12.5 Å². The van der Waals surface area contributed by atoms with Gasteiger partial charge in [0.05, 0.1) is 32.7 Å². The van der Waals surface area contributed by atoms with Gasteiger partial charge in [0.1, 0.15) is 5.69 Å². The monoisotopic (exact) mass is 305 g/mol. The summed E-state index contributed by atoms with van der Waals surface area (Å²) in [5.41, 5.74) is 2.73. The average Bonchev–Trinajstić information content (AvgIpc) is 2.86. The van der Waals surface area contributed by atoms with Gasteiger partial charge in [0.15, 0.2) is 11.5 Å². The summed E-state index contributed by atoms with van der Waals surface area (Å²) in [6, 6.07) is 3.56. The van der Waals surface area contributed by atoms with Gasteiger partial charge in [-0.15, -0.1) is 0 Å². The van der Waals surface area contributed by atoms with Gasteiger partial charge < -0.3 is 19.5 Å². The minimum absolute atomic E-state index is 0.168. The van der Waals surface area contributed by atoms with Gasteiger partial charge >= 0.3 is 0 Å². The molecule has 0 aliphatic heterocycles. The van der Waals surface area contributed by atoms with Crippen molar-refractivity contribution < 1.29 is 19.0 Å². The molecular formula is C15H19N3O4. The first kappa shape index (κ1) is 15.7. The molecule has 0 aliphatic rings. The molecule has 22 heavy (non-hydrogen) atoms. The maximum atomic E-state index is 11.4. The molecule has 7 heteroatoms. The van der Waals surface area contributed by atoms with Crippen LogP contribution in [0.3, 0.4) is 0 Å². The maximum absolute atomic E-state index is 11.4. The minimum Gasteiger partial charge on any atom is -0.493 e. The first-order valence-electron chi connectivity index (χ1n) is 6.64. The Bertz CT molecular complexity index is 669. The normalized spacial score (nSPS) is 10.2. The summed E-state index contributed by atoms with van der Waals surface area (Å²) >= 11 is 0. The van der Waals surface area contributed by atoms with Gasteiger partial charge in [-0.25, -0.2) is 0 Å². The number of nitrogens with zero attached hydrogens (tertiary/aromatic N) is 1. The zero-order valence-corrected chi connectivity index (χ0v) is 13.2. The summed E-state index contributed by atoms with van der Waals surface area (Å²) in [6.07, 6.45) is 0. The van der Waals surface area contributed by atoms with E-state index in [0.717, 1.165) is 11.3 Å². The summed E-state index contributed by atoms with van der Waals surface area (Å²) in [4.78, 5) is 11.4. The minimum atomic E-state index is -0.168. The van der Waals surface area contributed by atoms with E-state index in [1.54, 1.807) is 33.5 Å². The van der Waals surface area contributed by atoms with E-state index in [1.165, 1.54) is 6.92 Å². The zero-order valence-electron chi connectivity index (χ0n) is 13.2. The highest BCUT2D eigenvalue weighted by molar-refractivity contribution is 5.94. The second-order valence-electron chi connectivity index (χ2n) is 4.67. The third-order valence-electron chi connectivity index (χ3n) is 3.19.